The first-order valence-corrected chi connectivity index (χ1v) is 9.18. The molecule has 1 aromatic heterocycles. The van der Waals surface area contributed by atoms with Crippen LogP contribution in [0, 0.1) is 17.0 Å². The van der Waals surface area contributed by atoms with E-state index in [2.05, 4.69) is 4.98 Å². The van der Waals surface area contributed by atoms with Crippen molar-refractivity contribution in [2.24, 2.45) is 0 Å². The van der Waals surface area contributed by atoms with E-state index in [4.69, 9.17) is 14.2 Å². The SMILES string of the molecule is COc1cc([N+](=O)[O-])c2nccc(C)c2c1Oc1ccc(Oc2ccccc2)cc1. The molecule has 7 heteroatoms. The van der Waals surface area contributed by atoms with Crippen molar-refractivity contribution in [3.63, 3.8) is 0 Å². The molecule has 0 N–H and O–H groups in total. The van der Waals surface area contributed by atoms with Crippen LogP contribution in [0.1, 0.15) is 5.56 Å². The van der Waals surface area contributed by atoms with Crippen LogP contribution in [0.2, 0.25) is 0 Å². The molecule has 0 aliphatic rings. The number of nitro groups is 1. The number of pyridine rings is 1. The van der Waals surface area contributed by atoms with Gasteiger partial charge in [0.15, 0.2) is 17.0 Å². The van der Waals surface area contributed by atoms with Crippen molar-refractivity contribution in [3.05, 3.63) is 88.6 Å². The Bertz CT molecular complexity index is 1210. The van der Waals surface area contributed by atoms with Crippen LogP contribution in [0.25, 0.3) is 10.9 Å². The maximum absolute atomic E-state index is 11.5. The average Bonchev–Trinajstić information content (AvgIpc) is 2.76. The van der Waals surface area contributed by atoms with Gasteiger partial charge in [-0.05, 0) is 55.0 Å². The summed E-state index contributed by atoms with van der Waals surface area (Å²) in [6.45, 7) is 1.84. The lowest BCUT2D eigenvalue weighted by Gasteiger charge is -2.15. The number of fused-ring (bicyclic) bond motifs is 1. The number of ether oxygens (including phenoxy) is 3. The minimum Gasteiger partial charge on any atom is -0.493 e. The Morgan fingerprint density at radius 3 is 2.17 bits per heavy atom. The zero-order valence-electron chi connectivity index (χ0n) is 16.4. The second kappa shape index (κ2) is 8.08. The summed E-state index contributed by atoms with van der Waals surface area (Å²) in [7, 11) is 1.44. The van der Waals surface area contributed by atoms with Crippen molar-refractivity contribution >= 4 is 16.6 Å². The number of methoxy groups -OCH3 is 1. The second-order valence-corrected chi connectivity index (χ2v) is 6.52. The first-order chi connectivity index (χ1) is 14.6. The lowest BCUT2D eigenvalue weighted by Crippen LogP contribution is -1.99. The van der Waals surface area contributed by atoms with Gasteiger partial charge in [-0.25, -0.2) is 4.98 Å². The Hall–Kier alpha value is -4.13. The number of para-hydroxylation sites is 1. The van der Waals surface area contributed by atoms with Gasteiger partial charge in [0.25, 0.3) is 5.69 Å². The molecule has 3 aromatic carbocycles. The Morgan fingerprint density at radius 1 is 0.900 bits per heavy atom. The van der Waals surface area contributed by atoms with Crippen molar-refractivity contribution < 1.29 is 19.1 Å². The number of nitro benzene ring substituents is 1. The molecule has 0 unspecified atom stereocenters. The summed E-state index contributed by atoms with van der Waals surface area (Å²) in [6, 6.07) is 19.6. The van der Waals surface area contributed by atoms with Gasteiger partial charge in [0.2, 0.25) is 0 Å². The highest BCUT2D eigenvalue weighted by atomic mass is 16.6. The third-order valence-electron chi connectivity index (χ3n) is 4.56. The molecule has 0 radical (unpaired) electrons. The van der Waals surface area contributed by atoms with Gasteiger partial charge < -0.3 is 14.2 Å². The molecule has 0 amide bonds. The van der Waals surface area contributed by atoms with Gasteiger partial charge >= 0.3 is 0 Å². The Labute approximate surface area is 172 Å². The van der Waals surface area contributed by atoms with Crippen LogP contribution in [-0.2, 0) is 0 Å². The van der Waals surface area contributed by atoms with Crippen LogP contribution in [0.4, 0.5) is 5.69 Å². The summed E-state index contributed by atoms with van der Waals surface area (Å²) < 4.78 is 17.3. The number of rotatable bonds is 6. The van der Waals surface area contributed by atoms with E-state index in [1.54, 1.807) is 30.3 Å². The van der Waals surface area contributed by atoms with Crippen LogP contribution >= 0.6 is 0 Å². The molecule has 30 heavy (non-hydrogen) atoms. The lowest BCUT2D eigenvalue weighted by atomic mass is 10.1. The zero-order valence-corrected chi connectivity index (χ0v) is 16.4. The maximum atomic E-state index is 11.5. The molecule has 0 aliphatic carbocycles. The van der Waals surface area contributed by atoms with E-state index in [9.17, 15) is 10.1 Å². The number of aromatic nitrogens is 1. The van der Waals surface area contributed by atoms with Crippen molar-refractivity contribution in [1.29, 1.82) is 0 Å². The molecule has 0 fully saturated rings. The van der Waals surface area contributed by atoms with E-state index in [-0.39, 0.29) is 17.0 Å². The molecular weight excluding hydrogens is 384 g/mol. The van der Waals surface area contributed by atoms with E-state index in [0.29, 0.717) is 22.6 Å². The summed E-state index contributed by atoms with van der Waals surface area (Å²) in [6.07, 6.45) is 1.54. The third-order valence-corrected chi connectivity index (χ3v) is 4.56. The van der Waals surface area contributed by atoms with Crippen LogP contribution in [0.5, 0.6) is 28.7 Å². The van der Waals surface area contributed by atoms with Crippen LogP contribution in [0.3, 0.4) is 0 Å². The van der Waals surface area contributed by atoms with Gasteiger partial charge in [0, 0.05) is 6.20 Å². The summed E-state index contributed by atoms with van der Waals surface area (Å²) in [5, 5.41) is 12.0. The highest BCUT2D eigenvalue weighted by Gasteiger charge is 2.23. The first kappa shape index (κ1) is 19.2. The largest absolute Gasteiger partial charge is 0.493 e. The molecule has 1 heterocycles. The van der Waals surface area contributed by atoms with Crippen molar-refractivity contribution in [3.8, 4) is 28.7 Å². The molecule has 0 spiro atoms. The fourth-order valence-electron chi connectivity index (χ4n) is 3.13. The number of benzene rings is 3. The normalized spacial score (nSPS) is 10.6. The molecule has 0 aliphatic heterocycles. The molecule has 7 nitrogen and oxygen atoms in total. The average molecular weight is 402 g/mol. The summed E-state index contributed by atoms with van der Waals surface area (Å²) in [5.41, 5.74) is 0.908. The van der Waals surface area contributed by atoms with E-state index in [1.165, 1.54) is 19.4 Å². The Kier molecular flexibility index (Phi) is 5.17. The smallest absolute Gasteiger partial charge is 0.299 e. The molecule has 0 saturated carbocycles. The minimum atomic E-state index is -0.475. The first-order valence-electron chi connectivity index (χ1n) is 9.18. The predicted octanol–water partition coefficient (Wildman–Crippen LogP) is 6.04. The fourth-order valence-corrected chi connectivity index (χ4v) is 3.13. The van der Waals surface area contributed by atoms with Gasteiger partial charge in [0.1, 0.15) is 17.2 Å². The van der Waals surface area contributed by atoms with E-state index < -0.39 is 4.92 Å². The summed E-state index contributed by atoms with van der Waals surface area (Å²) in [5.74, 6) is 2.56. The molecular formula is C23H18N2O5. The minimum absolute atomic E-state index is 0.135. The van der Waals surface area contributed by atoms with Gasteiger partial charge in [-0.15, -0.1) is 0 Å². The van der Waals surface area contributed by atoms with Gasteiger partial charge in [0.05, 0.1) is 23.5 Å². The van der Waals surface area contributed by atoms with Crippen molar-refractivity contribution in [1.82, 2.24) is 4.98 Å². The molecule has 0 bridgehead atoms. The van der Waals surface area contributed by atoms with Crippen LogP contribution in [0.15, 0.2) is 72.9 Å². The maximum Gasteiger partial charge on any atom is 0.299 e. The third kappa shape index (κ3) is 3.73. The zero-order chi connectivity index (χ0) is 21.1. The van der Waals surface area contributed by atoms with Gasteiger partial charge in [-0.3, -0.25) is 10.1 Å². The Morgan fingerprint density at radius 2 is 1.53 bits per heavy atom. The molecule has 4 aromatic rings. The van der Waals surface area contributed by atoms with Crippen molar-refractivity contribution in [2.75, 3.05) is 7.11 Å². The van der Waals surface area contributed by atoms with E-state index >= 15 is 0 Å². The number of nitrogens with zero attached hydrogens (tertiary/aromatic N) is 2. The Balaban J connectivity index is 1.71. The second-order valence-electron chi connectivity index (χ2n) is 6.52. The summed E-state index contributed by atoms with van der Waals surface area (Å²) >= 11 is 0. The van der Waals surface area contributed by atoms with Crippen LogP contribution in [-0.4, -0.2) is 17.0 Å². The quantitative estimate of drug-likeness (QED) is 0.289. The van der Waals surface area contributed by atoms with E-state index in [0.717, 1.165) is 11.3 Å². The fraction of sp³-hybridized carbons (Fsp3) is 0.0870. The number of hydrogen-bond donors (Lipinski definition) is 0. The number of hydrogen-bond acceptors (Lipinski definition) is 6. The highest BCUT2D eigenvalue weighted by molar-refractivity contribution is 5.97. The van der Waals surface area contributed by atoms with Crippen molar-refractivity contribution in [2.45, 2.75) is 6.92 Å². The standard InChI is InChI=1S/C23H18N2O5/c1-15-12-13-24-22-19(25(26)27)14-20(28-2)23(21(15)22)30-18-10-8-17(9-11-18)29-16-6-4-3-5-7-16/h3-14H,1-2H3. The lowest BCUT2D eigenvalue weighted by molar-refractivity contribution is -0.383. The van der Waals surface area contributed by atoms with Gasteiger partial charge in [-0.1, -0.05) is 18.2 Å². The van der Waals surface area contributed by atoms with E-state index in [1.807, 2.05) is 37.3 Å². The predicted molar refractivity (Wildman–Crippen MR) is 113 cm³/mol. The molecule has 4 rings (SSSR count). The molecule has 0 saturated heterocycles. The number of aryl methyl sites for hydroxylation is 1. The molecule has 150 valence electrons. The monoisotopic (exact) mass is 402 g/mol. The summed E-state index contributed by atoms with van der Waals surface area (Å²) in [4.78, 5) is 15.2. The number of non-ortho nitro benzene ring substituents is 1. The van der Waals surface area contributed by atoms with Gasteiger partial charge in [-0.2, -0.15) is 0 Å². The molecule has 0 atom stereocenters. The topological polar surface area (TPSA) is 83.7 Å². The highest BCUT2D eigenvalue weighted by Crippen LogP contribution is 2.44. The van der Waals surface area contributed by atoms with Crippen LogP contribution < -0.4 is 14.2 Å².